The number of nitrogens with one attached hydrogen (secondary N) is 1. The van der Waals surface area contributed by atoms with Crippen LogP contribution >= 0.6 is 11.3 Å². The summed E-state index contributed by atoms with van der Waals surface area (Å²) in [5.41, 5.74) is 0.519. The van der Waals surface area contributed by atoms with Gasteiger partial charge < -0.3 is 9.64 Å². The van der Waals surface area contributed by atoms with Crippen molar-refractivity contribution in [3.8, 4) is 0 Å². The average Bonchev–Trinajstić information content (AvgIpc) is 3.48. The molecule has 1 amide bonds. The first kappa shape index (κ1) is 22.4. The van der Waals surface area contributed by atoms with Gasteiger partial charge in [0.05, 0.1) is 11.0 Å². The van der Waals surface area contributed by atoms with E-state index >= 15 is 0 Å². The number of carbonyl (C=O) groups excluding carboxylic acids is 1. The number of rotatable bonds is 8. The Balaban J connectivity index is 1.27. The van der Waals surface area contributed by atoms with E-state index in [1.165, 1.54) is 12.1 Å². The molecule has 31 heavy (non-hydrogen) atoms. The van der Waals surface area contributed by atoms with Gasteiger partial charge in [0.1, 0.15) is 0 Å². The van der Waals surface area contributed by atoms with Crippen LogP contribution in [0.15, 0.2) is 46.7 Å². The minimum absolute atomic E-state index is 0.0497. The summed E-state index contributed by atoms with van der Waals surface area (Å²) in [5.74, 6) is -0.0497. The third kappa shape index (κ3) is 5.93. The quantitative estimate of drug-likeness (QED) is 0.649. The minimum Gasteiger partial charge on any atom is -0.377 e. The fraction of sp³-hybridized carbons (Fsp3) is 0.500. The molecule has 1 aromatic carbocycles. The Bertz CT molecular complexity index is 947. The van der Waals surface area contributed by atoms with E-state index in [-0.39, 0.29) is 10.8 Å². The third-order valence-electron chi connectivity index (χ3n) is 5.80. The smallest absolute Gasteiger partial charge is 0.253 e. The van der Waals surface area contributed by atoms with Crippen LogP contribution in [0.2, 0.25) is 0 Å². The van der Waals surface area contributed by atoms with Gasteiger partial charge >= 0.3 is 0 Å². The summed E-state index contributed by atoms with van der Waals surface area (Å²) in [4.78, 5) is 18.4. The molecule has 2 aliphatic heterocycles. The van der Waals surface area contributed by atoms with Gasteiger partial charge in [0, 0.05) is 56.3 Å². The lowest BCUT2D eigenvalue weighted by Gasteiger charge is -2.35. The van der Waals surface area contributed by atoms with Crippen LogP contribution in [0.25, 0.3) is 0 Å². The van der Waals surface area contributed by atoms with Gasteiger partial charge in [0.2, 0.25) is 10.0 Å². The summed E-state index contributed by atoms with van der Waals surface area (Å²) in [6.45, 7) is 5.18. The van der Waals surface area contributed by atoms with E-state index in [0.29, 0.717) is 37.7 Å². The predicted molar refractivity (Wildman–Crippen MR) is 121 cm³/mol. The lowest BCUT2D eigenvalue weighted by molar-refractivity contribution is 0.0432. The average molecular weight is 464 g/mol. The first-order chi connectivity index (χ1) is 15.0. The monoisotopic (exact) mass is 463 g/mol. The van der Waals surface area contributed by atoms with Crippen molar-refractivity contribution in [3.05, 3.63) is 52.2 Å². The number of hydrogen-bond acceptors (Lipinski definition) is 6. The zero-order valence-electron chi connectivity index (χ0n) is 17.5. The van der Waals surface area contributed by atoms with Crippen molar-refractivity contribution in [2.24, 2.45) is 0 Å². The Morgan fingerprint density at radius 3 is 2.55 bits per heavy atom. The molecule has 1 atom stereocenters. The molecule has 7 nitrogen and oxygen atoms in total. The lowest BCUT2D eigenvalue weighted by atomic mass is 10.1. The van der Waals surface area contributed by atoms with Gasteiger partial charge in [-0.15, -0.1) is 11.3 Å². The van der Waals surface area contributed by atoms with Gasteiger partial charge in [-0.25, -0.2) is 13.1 Å². The van der Waals surface area contributed by atoms with E-state index in [9.17, 15) is 13.2 Å². The number of benzene rings is 1. The molecule has 0 saturated carbocycles. The van der Waals surface area contributed by atoms with E-state index in [2.05, 4.69) is 9.62 Å². The second-order valence-corrected chi connectivity index (χ2v) is 10.8. The Morgan fingerprint density at radius 1 is 1.13 bits per heavy atom. The van der Waals surface area contributed by atoms with Crippen molar-refractivity contribution < 1.29 is 17.9 Å². The minimum atomic E-state index is -3.59. The molecule has 0 bridgehead atoms. The molecule has 0 spiro atoms. The Hall–Kier alpha value is -1.78. The highest BCUT2D eigenvalue weighted by Crippen LogP contribution is 2.17. The van der Waals surface area contributed by atoms with E-state index in [0.717, 1.165) is 44.0 Å². The third-order valence-corrected chi connectivity index (χ3v) is 8.21. The highest BCUT2D eigenvalue weighted by molar-refractivity contribution is 7.89. The van der Waals surface area contributed by atoms with Crippen LogP contribution in [-0.4, -0.2) is 76.1 Å². The Labute approximate surface area is 188 Å². The molecule has 168 valence electrons. The summed E-state index contributed by atoms with van der Waals surface area (Å²) in [7, 11) is -3.59. The molecule has 4 rings (SSSR count). The molecule has 2 aliphatic rings. The normalized spacial score (nSPS) is 20.3. The molecular formula is C22H29N3O4S2. The van der Waals surface area contributed by atoms with Crippen LogP contribution in [-0.2, 0) is 21.2 Å². The van der Waals surface area contributed by atoms with E-state index < -0.39 is 10.0 Å². The second-order valence-electron chi connectivity index (χ2n) is 7.98. The second kappa shape index (κ2) is 10.2. The number of piperazine rings is 1. The van der Waals surface area contributed by atoms with Gasteiger partial charge in [-0.2, -0.15) is 0 Å². The Morgan fingerprint density at radius 2 is 1.90 bits per heavy atom. The van der Waals surface area contributed by atoms with E-state index in [4.69, 9.17) is 4.74 Å². The fourth-order valence-corrected chi connectivity index (χ4v) is 5.76. The summed E-state index contributed by atoms with van der Waals surface area (Å²) >= 11 is 1.61. The van der Waals surface area contributed by atoms with E-state index in [1.807, 2.05) is 22.4 Å². The van der Waals surface area contributed by atoms with Crippen LogP contribution < -0.4 is 4.72 Å². The maximum Gasteiger partial charge on any atom is 0.253 e. The zero-order chi connectivity index (χ0) is 21.7. The summed E-state index contributed by atoms with van der Waals surface area (Å²) in [5, 5.41) is 1.98. The lowest BCUT2D eigenvalue weighted by Crippen LogP contribution is -2.50. The highest BCUT2D eigenvalue weighted by atomic mass is 32.2. The Kier molecular flexibility index (Phi) is 7.39. The van der Waals surface area contributed by atoms with Crippen LogP contribution in [0.1, 0.15) is 28.1 Å². The molecular weight excluding hydrogens is 434 g/mol. The van der Waals surface area contributed by atoms with Gasteiger partial charge in [0.15, 0.2) is 0 Å². The standard InChI is InChI=1S/C22H29N3O4S2/c26-22(25-13-11-24(12-14-25)17-19-3-1-15-29-19)18-5-7-21(8-6-18)31(27,28)23-10-9-20-4-2-16-30-20/h2,4-8,16,19,23H,1,3,9-15,17H2. The van der Waals surface area contributed by atoms with Crippen LogP contribution in [0, 0.1) is 0 Å². The van der Waals surface area contributed by atoms with E-state index in [1.54, 1.807) is 23.5 Å². The van der Waals surface area contributed by atoms with Gasteiger partial charge in [-0.3, -0.25) is 9.69 Å². The highest BCUT2D eigenvalue weighted by Gasteiger charge is 2.25. The van der Waals surface area contributed by atoms with Gasteiger partial charge in [0.25, 0.3) is 5.91 Å². The van der Waals surface area contributed by atoms with Crippen molar-refractivity contribution in [2.45, 2.75) is 30.3 Å². The molecule has 1 aromatic heterocycles. The number of nitrogens with zero attached hydrogens (tertiary/aromatic N) is 2. The van der Waals surface area contributed by atoms with Crippen LogP contribution in [0.5, 0.6) is 0 Å². The van der Waals surface area contributed by atoms with Crippen molar-refractivity contribution in [2.75, 3.05) is 45.9 Å². The van der Waals surface area contributed by atoms with Crippen LogP contribution in [0.4, 0.5) is 0 Å². The van der Waals surface area contributed by atoms with Crippen LogP contribution in [0.3, 0.4) is 0 Å². The first-order valence-electron chi connectivity index (χ1n) is 10.8. The number of ether oxygens (including phenoxy) is 1. The summed E-state index contributed by atoms with van der Waals surface area (Å²) in [6.07, 6.45) is 3.25. The molecule has 1 N–H and O–H groups in total. The molecule has 2 fully saturated rings. The molecule has 0 radical (unpaired) electrons. The van der Waals surface area contributed by atoms with Gasteiger partial charge in [-0.05, 0) is 55.0 Å². The molecule has 2 saturated heterocycles. The maximum atomic E-state index is 12.8. The first-order valence-corrected chi connectivity index (χ1v) is 13.1. The molecule has 1 unspecified atom stereocenters. The van der Waals surface area contributed by atoms with Crippen molar-refractivity contribution in [3.63, 3.8) is 0 Å². The van der Waals surface area contributed by atoms with Crippen molar-refractivity contribution in [1.82, 2.24) is 14.5 Å². The number of amides is 1. The number of sulfonamides is 1. The largest absolute Gasteiger partial charge is 0.377 e. The van der Waals surface area contributed by atoms with Gasteiger partial charge in [-0.1, -0.05) is 6.07 Å². The molecule has 0 aliphatic carbocycles. The maximum absolute atomic E-state index is 12.8. The fourth-order valence-electron chi connectivity index (χ4n) is 4.02. The van der Waals surface area contributed by atoms with Crippen molar-refractivity contribution >= 4 is 27.3 Å². The topological polar surface area (TPSA) is 79.0 Å². The predicted octanol–water partition coefficient (Wildman–Crippen LogP) is 2.21. The molecule has 9 heteroatoms. The zero-order valence-corrected chi connectivity index (χ0v) is 19.2. The summed E-state index contributed by atoms with van der Waals surface area (Å²) < 4.78 is 33.3. The summed E-state index contributed by atoms with van der Waals surface area (Å²) in [6, 6.07) is 10.2. The number of hydrogen-bond donors (Lipinski definition) is 1. The SMILES string of the molecule is O=C(c1ccc(S(=O)(=O)NCCc2cccs2)cc1)N1CCN(CC2CCCO2)CC1. The molecule has 3 heterocycles. The van der Waals surface area contributed by atoms with Crippen molar-refractivity contribution in [1.29, 1.82) is 0 Å². The molecule has 2 aromatic rings. The number of thiophene rings is 1. The number of carbonyl (C=O) groups is 1.